The molecule has 0 atom stereocenters. The number of ether oxygens (including phenoxy) is 1. The number of benzene rings is 1. The quantitative estimate of drug-likeness (QED) is 0.761. The molecule has 0 radical (unpaired) electrons. The molecule has 1 N–H and O–H groups in total. The van der Waals surface area contributed by atoms with Gasteiger partial charge >= 0.3 is 0 Å². The maximum atomic E-state index is 13.5. The molecule has 5 nitrogen and oxygen atoms in total. The summed E-state index contributed by atoms with van der Waals surface area (Å²) in [6.07, 6.45) is 0.702. The van der Waals surface area contributed by atoms with Crippen LogP contribution in [0.3, 0.4) is 0 Å². The predicted molar refractivity (Wildman–Crippen MR) is 72.9 cm³/mol. The van der Waals surface area contributed by atoms with Gasteiger partial charge in [-0.3, -0.25) is 9.59 Å². The van der Waals surface area contributed by atoms with Crippen LogP contribution in [0, 0.1) is 5.82 Å². The lowest BCUT2D eigenvalue weighted by Crippen LogP contribution is -2.39. The van der Waals surface area contributed by atoms with Gasteiger partial charge in [0.25, 0.3) is 5.91 Å². The van der Waals surface area contributed by atoms with Crippen LogP contribution in [0.15, 0.2) is 24.3 Å². The highest BCUT2D eigenvalue weighted by atomic mass is 19.1. The third-order valence-electron chi connectivity index (χ3n) is 2.68. The normalized spacial score (nSPS) is 10.2. The molecule has 20 heavy (non-hydrogen) atoms. The lowest BCUT2D eigenvalue weighted by atomic mass is 10.2. The number of rotatable bonds is 7. The average Bonchev–Trinajstić information content (AvgIpc) is 2.43. The zero-order valence-electron chi connectivity index (χ0n) is 11.7. The van der Waals surface area contributed by atoms with E-state index >= 15 is 0 Å². The standard InChI is InChI=1S/C14H19FN2O3/c1-17(10-13(18)16-8-5-9-20-2)14(19)11-6-3-4-7-12(11)15/h3-4,6-7H,5,8-10H2,1-2H3,(H,16,18). The highest BCUT2D eigenvalue weighted by molar-refractivity contribution is 5.96. The van der Waals surface area contributed by atoms with E-state index in [2.05, 4.69) is 5.32 Å². The zero-order chi connectivity index (χ0) is 15.0. The Bertz CT molecular complexity index is 465. The molecule has 110 valence electrons. The molecule has 0 saturated carbocycles. The molecule has 1 aromatic rings. The minimum Gasteiger partial charge on any atom is -0.385 e. The molecule has 0 spiro atoms. The van der Waals surface area contributed by atoms with Gasteiger partial charge in [-0.15, -0.1) is 0 Å². The van der Waals surface area contributed by atoms with Gasteiger partial charge in [0, 0.05) is 27.3 Å². The Morgan fingerprint density at radius 1 is 1.35 bits per heavy atom. The van der Waals surface area contributed by atoms with Crippen LogP contribution in [0.1, 0.15) is 16.8 Å². The summed E-state index contributed by atoms with van der Waals surface area (Å²) in [7, 11) is 3.05. The number of nitrogens with zero attached hydrogens (tertiary/aromatic N) is 1. The molecule has 1 rings (SSSR count). The number of likely N-dealkylation sites (N-methyl/N-ethyl adjacent to an activating group) is 1. The summed E-state index contributed by atoms with van der Waals surface area (Å²) in [4.78, 5) is 24.7. The lowest BCUT2D eigenvalue weighted by molar-refractivity contribution is -0.121. The van der Waals surface area contributed by atoms with E-state index in [-0.39, 0.29) is 18.0 Å². The van der Waals surface area contributed by atoms with Crippen LogP contribution in [-0.2, 0) is 9.53 Å². The smallest absolute Gasteiger partial charge is 0.257 e. The van der Waals surface area contributed by atoms with Crippen molar-refractivity contribution < 1.29 is 18.7 Å². The van der Waals surface area contributed by atoms with E-state index in [0.29, 0.717) is 19.6 Å². The molecule has 6 heteroatoms. The molecule has 0 saturated heterocycles. The first-order chi connectivity index (χ1) is 9.56. The Morgan fingerprint density at radius 3 is 2.70 bits per heavy atom. The van der Waals surface area contributed by atoms with Crippen molar-refractivity contribution in [3.63, 3.8) is 0 Å². The minimum atomic E-state index is -0.593. The van der Waals surface area contributed by atoms with Crippen molar-refractivity contribution in [2.45, 2.75) is 6.42 Å². The van der Waals surface area contributed by atoms with Crippen LogP contribution in [0.4, 0.5) is 4.39 Å². The number of hydrogen-bond donors (Lipinski definition) is 1. The largest absolute Gasteiger partial charge is 0.385 e. The molecule has 0 aromatic heterocycles. The Morgan fingerprint density at radius 2 is 2.05 bits per heavy atom. The van der Waals surface area contributed by atoms with E-state index in [9.17, 15) is 14.0 Å². The number of nitrogens with one attached hydrogen (secondary N) is 1. The molecular formula is C14H19FN2O3. The summed E-state index contributed by atoms with van der Waals surface area (Å²) < 4.78 is 18.3. The SMILES string of the molecule is COCCCNC(=O)CN(C)C(=O)c1ccccc1F. The van der Waals surface area contributed by atoms with E-state index in [1.807, 2.05) is 0 Å². The van der Waals surface area contributed by atoms with Crippen molar-refractivity contribution in [1.82, 2.24) is 10.2 Å². The molecule has 0 aliphatic carbocycles. The van der Waals surface area contributed by atoms with E-state index in [1.165, 1.54) is 30.1 Å². The summed E-state index contributed by atoms with van der Waals surface area (Å²) in [5.74, 6) is -1.40. The van der Waals surface area contributed by atoms with Gasteiger partial charge in [0.15, 0.2) is 0 Å². The van der Waals surface area contributed by atoms with Crippen LogP contribution in [-0.4, -0.2) is 50.6 Å². The van der Waals surface area contributed by atoms with E-state index in [4.69, 9.17) is 4.74 Å². The summed E-state index contributed by atoms with van der Waals surface area (Å²) in [6, 6.07) is 5.69. The van der Waals surface area contributed by atoms with E-state index in [1.54, 1.807) is 13.2 Å². The summed E-state index contributed by atoms with van der Waals surface area (Å²) in [6.45, 7) is 0.929. The molecule has 0 heterocycles. The second-order valence-electron chi connectivity index (χ2n) is 4.34. The van der Waals surface area contributed by atoms with Crippen molar-refractivity contribution in [3.8, 4) is 0 Å². The Hall–Kier alpha value is -1.95. The van der Waals surface area contributed by atoms with Gasteiger partial charge in [-0.2, -0.15) is 0 Å². The van der Waals surface area contributed by atoms with Gasteiger partial charge in [-0.1, -0.05) is 12.1 Å². The van der Waals surface area contributed by atoms with Gasteiger partial charge in [0.2, 0.25) is 5.91 Å². The second kappa shape index (κ2) is 8.27. The third kappa shape index (κ3) is 4.97. The maximum Gasteiger partial charge on any atom is 0.257 e. The summed E-state index contributed by atoms with van der Waals surface area (Å²) in [5.41, 5.74) is -0.0396. The fraction of sp³-hybridized carbons (Fsp3) is 0.429. The fourth-order valence-corrected chi connectivity index (χ4v) is 1.63. The molecular weight excluding hydrogens is 263 g/mol. The third-order valence-corrected chi connectivity index (χ3v) is 2.68. The van der Waals surface area contributed by atoms with Crippen LogP contribution in [0.2, 0.25) is 0 Å². The van der Waals surface area contributed by atoms with Crippen molar-refractivity contribution in [3.05, 3.63) is 35.6 Å². The van der Waals surface area contributed by atoms with Gasteiger partial charge in [-0.05, 0) is 18.6 Å². The highest BCUT2D eigenvalue weighted by Gasteiger charge is 2.17. The molecule has 0 fully saturated rings. The topological polar surface area (TPSA) is 58.6 Å². The van der Waals surface area contributed by atoms with Crippen molar-refractivity contribution in [2.75, 3.05) is 33.9 Å². The molecule has 1 aromatic carbocycles. The first-order valence-electron chi connectivity index (χ1n) is 6.32. The first-order valence-corrected chi connectivity index (χ1v) is 6.32. The summed E-state index contributed by atoms with van der Waals surface area (Å²) >= 11 is 0. The summed E-state index contributed by atoms with van der Waals surface area (Å²) in [5, 5.41) is 2.66. The van der Waals surface area contributed by atoms with Gasteiger partial charge in [0.05, 0.1) is 12.1 Å². The Labute approximate surface area is 117 Å². The molecule has 2 amide bonds. The Kier molecular flexibility index (Phi) is 6.66. The maximum absolute atomic E-state index is 13.5. The molecule has 0 aliphatic rings. The number of methoxy groups -OCH3 is 1. The van der Waals surface area contributed by atoms with Crippen LogP contribution < -0.4 is 5.32 Å². The second-order valence-corrected chi connectivity index (χ2v) is 4.34. The van der Waals surface area contributed by atoms with E-state index < -0.39 is 11.7 Å². The fourth-order valence-electron chi connectivity index (χ4n) is 1.63. The molecule has 0 bridgehead atoms. The van der Waals surface area contributed by atoms with Gasteiger partial charge in [0.1, 0.15) is 5.82 Å². The van der Waals surface area contributed by atoms with Crippen LogP contribution in [0.25, 0.3) is 0 Å². The number of carbonyl (C=O) groups excluding carboxylic acids is 2. The van der Waals surface area contributed by atoms with Gasteiger partial charge < -0.3 is 15.0 Å². The monoisotopic (exact) mass is 282 g/mol. The zero-order valence-corrected chi connectivity index (χ0v) is 11.7. The predicted octanol–water partition coefficient (Wildman–Crippen LogP) is 1.05. The van der Waals surface area contributed by atoms with E-state index in [0.717, 1.165) is 0 Å². The number of carbonyl (C=O) groups is 2. The van der Waals surface area contributed by atoms with Crippen LogP contribution >= 0.6 is 0 Å². The highest BCUT2D eigenvalue weighted by Crippen LogP contribution is 2.08. The van der Waals surface area contributed by atoms with Gasteiger partial charge in [-0.25, -0.2) is 4.39 Å². The number of amides is 2. The number of halogens is 1. The minimum absolute atomic E-state index is 0.0396. The van der Waals surface area contributed by atoms with Crippen molar-refractivity contribution in [1.29, 1.82) is 0 Å². The van der Waals surface area contributed by atoms with Crippen molar-refractivity contribution >= 4 is 11.8 Å². The number of hydrogen-bond acceptors (Lipinski definition) is 3. The Balaban J connectivity index is 2.46. The van der Waals surface area contributed by atoms with Crippen molar-refractivity contribution in [2.24, 2.45) is 0 Å². The average molecular weight is 282 g/mol. The van der Waals surface area contributed by atoms with Crippen LogP contribution in [0.5, 0.6) is 0 Å². The molecule has 0 unspecified atom stereocenters. The molecule has 0 aliphatic heterocycles. The first kappa shape index (κ1) is 16.1. The lowest BCUT2D eigenvalue weighted by Gasteiger charge is -2.17.